The number of aromatic nitrogens is 2. The monoisotopic (exact) mass is 404 g/mol. The first-order chi connectivity index (χ1) is 13.1. The highest BCUT2D eigenvalue weighted by atomic mass is 32.1. The Balaban J connectivity index is 1.60. The third kappa shape index (κ3) is 4.81. The highest BCUT2D eigenvalue weighted by Gasteiger charge is 2.16. The maximum atomic E-state index is 12.6. The number of nitrogens with one attached hydrogen (secondary N) is 2. The molecule has 0 aliphatic rings. The Morgan fingerprint density at radius 3 is 2.89 bits per heavy atom. The lowest BCUT2D eigenvalue weighted by atomic mass is 10.3. The zero-order valence-corrected chi connectivity index (χ0v) is 16.5. The van der Waals surface area contributed by atoms with Gasteiger partial charge in [0.25, 0.3) is 11.5 Å². The van der Waals surface area contributed by atoms with Gasteiger partial charge in [-0.3, -0.25) is 14.4 Å². The summed E-state index contributed by atoms with van der Waals surface area (Å²) in [5.41, 5.74) is 1.06. The van der Waals surface area contributed by atoms with Crippen LogP contribution in [0.3, 0.4) is 0 Å². The first kappa shape index (κ1) is 19.2. The van der Waals surface area contributed by atoms with Crippen LogP contribution < -0.4 is 10.9 Å². The van der Waals surface area contributed by atoms with Crippen LogP contribution in [0.1, 0.15) is 35.9 Å². The third-order valence-corrected chi connectivity index (χ3v) is 5.54. The molecule has 3 heterocycles. The van der Waals surface area contributed by atoms with Gasteiger partial charge >= 0.3 is 0 Å². The molecule has 0 fully saturated rings. The molecule has 2 N–H and O–H groups in total. The Kier molecular flexibility index (Phi) is 6.36. The number of rotatable bonds is 8. The van der Waals surface area contributed by atoms with Crippen molar-refractivity contribution in [3.8, 4) is 0 Å². The van der Waals surface area contributed by atoms with E-state index in [4.69, 9.17) is 0 Å². The molecule has 0 aliphatic carbocycles. The molecule has 142 valence electrons. The topological polar surface area (TPSA) is 95.2 Å². The van der Waals surface area contributed by atoms with Crippen molar-refractivity contribution in [1.82, 2.24) is 20.2 Å². The summed E-state index contributed by atoms with van der Waals surface area (Å²) in [6, 6.07) is 3.54. The molecule has 0 spiro atoms. The number of carbonyl (C=O) groups excluding carboxylic acids is 2. The summed E-state index contributed by atoms with van der Waals surface area (Å²) >= 11 is 2.80. The van der Waals surface area contributed by atoms with Gasteiger partial charge in [0.2, 0.25) is 5.91 Å². The van der Waals surface area contributed by atoms with Crippen molar-refractivity contribution >= 4 is 44.7 Å². The zero-order chi connectivity index (χ0) is 19.2. The van der Waals surface area contributed by atoms with Crippen LogP contribution in [0.5, 0.6) is 0 Å². The van der Waals surface area contributed by atoms with E-state index in [0.29, 0.717) is 28.1 Å². The van der Waals surface area contributed by atoms with E-state index in [2.05, 4.69) is 15.3 Å². The quantitative estimate of drug-likeness (QED) is 0.603. The highest BCUT2D eigenvalue weighted by molar-refractivity contribution is 7.17. The minimum atomic E-state index is -0.183. The molecule has 0 saturated heterocycles. The largest absolute Gasteiger partial charge is 0.351 e. The molecule has 0 bridgehead atoms. The molecule has 0 aromatic carbocycles. The number of fused-ring (bicyclic) bond motifs is 1. The van der Waals surface area contributed by atoms with Crippen molar-refractivity contribution in [2.45, 2.75) is 26.3 Å². The van der Waals surface area contributed by atoms with E-state index < -0.39 is 0 Å². The second-order valence-corrected chi connectivity index (χ2v) is 7.68. The first-order valence-corrected chi connectivity index (χ1v) is 10.4. The Hall–Kier alpha value is -2.52. The van der Waals surface area contributed by atoms with Gasteiger partial charge in [-0.25, -0.2) is 4.98 Å². The summed E-state index contributed by atoms with van der Waals surface area (Å²) in [5.74, 6) is 0.200. The average molecular weight is 405 g/mol. The number of hydrogen-bond donors (Lipinski definition) is 2. The number of amides is 2. The van der Waals surface area contributed by atoms with E-state index in [-0.39, 0.29) is 36.9 Å². The smallest absolute Gasteiger partial charge is 0.268 e. The molecule has 3 rings (SSSR count). The third-order valence-electron chi connectivity index (χ3n) is 3.96. The summed E-state index contributed by atoms with van der Waals surface area (Å²) < 4.78 is 0.586. The maximum Gasteiger partial charge on any atom is 0.268 e. The van der Waals surface area contributed by atoms with Gasteiger partial charge in [-0.2, -0.15) is 11.3 Å². The molecular weight excluding hydrogens is 384 g/mol. The van der Waals surface area contributed by atoms with Gasteiger partial charge in [-0.1, -0.05) is 6.92 Å². The molecule has 0 aliphatic heterocycles. The number of thiophene rings is 2. The molecule has 0 radical (unpaired) electrons. The molecular formula is C18H20N4O3S2. The molecule has 0 saturated carbocycles. The Morgan fingerprint density at radius 1 is 1.30 bits per heavy atom. The summed E-state index contributed by atoms with van der Waals surface area (Å²) in [6.07, 6.45) is 0.985. The van der Waals surface area contributed by atoms with E-state index in [1.807, 2.05) is 17.7 Å². The van der Waals surface area contributed by atoms with Gasteiger partial charge in [-0.05, 0) is 29.3 Å². The van der Waals surface area contributed by atoms with E-state index in [9.17, 15) is 14.4 Å². The van der Waals surface area contributed by atoms with Crippen LogP contribution in [0, 0.1) is 0 Å². The number of nitrogens with zero attached hydrogens (tertiary/aromatic N) is 2. The summed E-state index contributed by atoms with van der Waals surface area (Å²) in [6.45, 7) is 3.05. The van der Waals surface area contributed by atoms with E-state index in [1.165, 1.54) is 22.7 Å². The second-order valence-electron chi connectivity index (χ2n) is 5.98. The number of aromatic amines is 1. The molecule has 7 nitrogen and oxygen atoms in total. The molecule has 3 aromatic rings. The predicted octanol–water partition coefficient (Wildman–Crippen LogP) is 2.60. The van der Waals surface area contributed by atoms with E-state index >= 15 is 0 Å². The molecule has 9 heteroatoms. The molecule has 0 atom stereocenters. The van der Waals surface area contributed by atoms with Gasteiger partial charge in [-0.15, -0.1) is 11.3 Å². The standard InChI is InChI=1S/C18H20N4O3S2/c1-2-7-22(10-14-20-13-5-9-27-16(13)18(25)21-14)15(23)3-6-19-17(24)12-4-8-26-11-12/h4-5,8-9,11H,2-3,6-7,10H2,1H3,(H,19,24)(H,20,21,25). The van der Waals surface area contributed by atoms with Crippen molar-refractivity contribution in [2.24, 2.45) is 0 Å². The van der Waals surface area contributed by atoms with Crippen LogP contribution in [0.4, 0.5) is 0 Å². The Bertz CT molecular complexity index is 978. The fraction of sp³-hybridized carbons (Fsp3) is 0.333. The van der Waals surface area contributed by atoms with Crippen molar-refractivity contribution in [3.63, 3.8) is 0 Å². The maximum absolute atomic E-state index is 12.6. The van der Waals surface area contributed by atoms with E-state index in [1.54, 1.807) is 22.4 Å². The number of H-pyrrole nitrogens is 1. The molecule has 27 heavy (non-hydrogen) atoms. The minimum Gasteiger partial charge on any atom is -0.351 e. The lowest BCUT2D eigenvalue weighted by molar-refractivity contribution is -0.131. The lowest BCUT2D eigenvalue weighted by Gasteiger charge is -2.21. The van der Waals surface area contributed by atoms with Gasteiger partial charge in [0.1, 0.15) is 10.5 Å². The van der Waals surface area contributed by atoms with Crippen molar-refractivity contribution in [2.75, 3.05) is 13.1 Å². The van der Waals surface area contributed by atoms with Crippen LogP contribution in [-0.4, -0.2) is 39.8 Å². The Morgan fingerprint density at radius 2 is 2.15 bits per heavy atom. The predicted molar refractivity (Wildman–Crippen MR) is 107 cm³/mol. The SMILES string of the molecule is CCCN(Cc1nc2ccsc2c(=O)[nH]1)C(=O)CCNC(=O)c1ccsc1. The summed E-state index contributed by atoms with van der Waals surface area (Å²) in [5, 5.41) is 8.18. The average Bonchev–Trinajstić information content (AvgIpc) is 3.33. The van der Waals surface area contributed by atoms with E-state index in [0.717, 1.165) is 6.42 Å². The van der Waals surface area contributed by atoms with Crippen LogP contribution in [0.25, 0.3) is 10.2 Å². The minimum absolute atomic E-state index is 0.0875. The van der Waals surface area contributed by atoms with Gasteiger partial charge in [0.05, 0.1) is 12.1 Å². The second kappa shape index (κ2) is 8.92. The molecule has 0 unspecified atom stereocenters. The van der Waals surface area contributed by atoms with Gasteiger partial charge in [0, 0.05) is 30.5 Å². The summed E-state index contributed by atoms with van der Waals surface area (Å²) in [7, 11) is 0. The lowest BCUT2D eigenvalue weighted by Crippen LogP contribution is -2.35. The fourth-order valence-electron chi connectivity index (χ4n) is 2.68. The van der Waals surface area contributed by atoms with Crippen LogP contribution in [0.2, 0.25) is 0 Å². The first-order valence-electron chi connectivity index (χ1n) is 8.63. The molecule has 2 amide bonds. The van der Waals surface area contributed by atoms with Crippen molar-refractivity contribution < 1.29 is 9.59 Å². The number of carbonyl (C=O) groups is 2. The van der Waals surface area contributed by atoms with Crippen molar-refractivity contribution in [1.29, 1.82) is 0 Å². The van der Waals surface area contributed by atoms with Crippen LogP contribution in [0.15, 0.2) is 33.1 Å². The van der Waals surface area contributed by atoms with Gasteiger partial charge in [0.15, 0.2) is 0 Å². The van der Waals surface area contributed by atoms with Crippen LogP contribution in [-0.2, 0) is 11.3 Å². The number of hydrogen-bond acceptors (Lipinski definition) is 6. The normalized spacial score (nSPS) is 10.9. The highest BCUT2D eigenvalue weighted by Crippen LogP contribution is 2.14. The van der Waals surface area contributed by atoms with Gasteiger partial charge < -0.3 is 15.2 Å². The fourth-order valence-corrected chi connectivity index (χ4v) is 4.04. The van der Waals surface area contributed by atoms with Crippen LogP contribution >= 0.6 is 22.7 Å². The summed E-state index contributed by atoms with van der Waals surface area (Å²) in [4.78, 5) is 45.4. The molecule has 3 aromatic heterocycles. The Labute approximate surface area is 164 Å². The zero-order valence-electron chi connectivity index (χ0n) is 14.9. The van der Waals surface area contributed by atoms with Crippen molar-refractivity contribution in [3.05, 3.63) is 50.0 Å².